The second kappa shape index (κ2) is 26.4. The summed E-state index contributed by atoms with van der Waals surface area (Å²) in [6.07, 6.45) is 9.69. The van der Waals surface area contributed by atoms with E-state index in [9.17, 15) is 14.7 Å². The second-order valence-corrected chi connectivity index (χ2v) is 20.5. The van der Waals surface area contributed by atoms with Crippen LogP contribution >= 0.6 is 85.5 Å². The first-order valence-electron chi connectivity index (χ1n) is 22.4. The summed E-state index contributed by atoms with van der Waals surface area (Å²) in [5, 5.41) is 21.0. The number of fused-ring (bicyclic) bond motifs is 2. The number of allylic oxidation sites excluding steroid dienone is 2. The number of methoxy groups -OCH3 is 2. The van der Waals surface area contributed by atoms with Gasteiger partial charge in [-0.15, -0.1) is 0 Å². The zero-order chi connectivity index (χ0) is 48.5. The van der Waals surface area contributed by atoms with Crippen LogP contribution in [0.15, 0.2) is 109 Å². The second-order valence-electron chi connectivity index (χ2n) is 17.2. The molecule has 0 aromatic heterocycles. The summed E-state index contributed by atoms with van der Waals surface area (Å²) in [5.74, 6) is -0.297. The van der Waals surface area contributed by atoms with E-state index in [1.807, 2.05) is 73.7 Å². The van der Waals surface area contributed by atoms with Crippen LogP contribution in [0.25, 0.3) is 0 Å². The van der Waals surface area contributed by atoms with Crippen molar-refractivity contribution in [2.24, 2.45) is 22.7 Å². The first-order valence-corrected chi connectivity index (χ1v) is 25.8. The van der Waals surface area contributed by atoms with Gasteiger partial charge in [-0.05, 0) is 83.6 Å². The normalized spacial score (nSPS) is 27.6. The van der Waals surface area contributed by atoms with Gasteiger partial charge >= 0.3 is 29.6 Å². The van der Waals surface area contributed by atoms with Crippen molar-refractivity contribution < 1.29 is 59.9 Å². The van der Waals surface area contributed by atoms with E-state index in [4.69, 9.17) is 79.1 Å². The summed E-state index contributed by atoms with van der Waals surface area (Å²) in [5.41, 5.74) is 2.84. The third-order valence-corrected chi connectivity index (χ3v) is 15.8. The van der Waals surface area contributed by atoms with Crippen LogP contribution in [-0.4, -0.2) is 81.6 Å². The number of aliphatic hydroxyl groups excluding tert-OH is 1. The number of nitrogens with one attached hydrogen (secondary N) is 2. The van der Waals surface area contributed by atoms with E-state index in [2.05, 4.69) is 68.6 Å². The minimum Gasteiger partial charge on any atom is -1.00 e. The molecule has 362 valence electrons. The molecule has 2 aliphatic heterocycles. The molecule has 0 radical (unpaired) electrons. The molecular formula is C52H58BrCl6N2NaO6. The minimum atomic E-state index is -0.660. The van der Waals surface area contributed by atoms with Crippen LogP contribution in [0.3, 0.4) is 0 Å². The molecular weight excluding hydrogens is 1060 g/mol. The van der Waals surface area contributed by atoms with Crippen LogP contribution in [0.2, 0.25) is 30.1 Å². The maximum Gasteiger partial charge on any atom is 1.00 e. The third-order valence-electron chi connectivity index (χ3n) is 13.8. The predicted octanol–water partition coefficient (Wildman–Crippen LogP) is 9.99. The van der Waals surface area contributed by atoms with Crippen LogP contribution in [0.5, 0.6) is 0 Å². The summed E-state index contributed by atoms with van der Waals surface area (Å²) >= 11 is 41.1. The van der Waals surface area contributed by atoms with Crippen molar-refractivity contribution in [1.29, 1.82) is 0 Å². The van der Waals surface area contributed by atoms with E-state index in [-0.39, 0.29) is 97.0 Å². The van der Waals surface area contributed by atoms with Crippen molar-refractivity contribution in [3.63, 3.8) is 0 Å². The number of benzene rings is 4. The molecule has 4 aliphatic rings. The number of carbonyl (C=O) groups excluding carboxylic acids is 2. The van der Waals surface area contributed by atoms with Crippen molar-refractivity contribution in [2.45, 2.75) is 62.4 Å². The Morgan fingerprint density at radius 3 is 1.40 bits per heavy atom. The van der Waals surface area contributed by atoms with Gasteiger partial charge in [-0.25, -0.2) is 0 Å². The van der Waals surface area contributed by atoms with Crippen LogP contribution in [0.1, 0.15) is 74.0 Å². The fraction of sp³-hybridized carbons (Fsp3) is 0.423. The molecule has 0 spiro atoms. The Morgan fingerprint density at radius 2 is 1.03 bits per heavy atom. The molecule has 3 N–H and O–H groups in total. The van der Waals surface area contributed by atoms with Crippen molar-refractivity contribution in [3.8, 4) is 0 Å². The van der Waals surface area contributed by atoms with Crippen molar-refractivity contribution in [2.75, 3.05) is 52.6 Å². The summed E-state index contributed by atoms with van der Waals surface area (Å²) in [7, 11) is 3.33. The van der Waals surface area contributed by atoms with Crippen LogP contribution in [0, 0.1) is 22.7 Å². The Hall–Kier alpha value is -1.64. The maximum absolute atomic E-state index is 13.3. The van der Waals surface area contributed by atoms with Gasteiger partial charge in [0.15, 0.2) is 0 Å². The largest absolute Gasteiger partial charge is 1.00 e. The number of amides is 2. The van der Waals surface area contributed by atoms with Gasteiger partial charge in [0.1, 0.15) is 0 Å². The number of hydrogen-bond acceptors (Lipinski definition) is 6. The molecule has 8 rings (SSSR count). The summed E-state index contributed by atoms with van der Waals surface area (Å²) in [6, 6.07) is 26.3. The standard InChI is InChI=1S/C26H28Cl3NO3.C23H22Cl3NO2.C3H7BrO.Na.H/c1-3-26-11-10-20(19-9-8-18(28)14-21(19)29)23(16-4-6-17(27)7-5-16)24(26)22(30-25(26)31)15-33-13-12-32-2;1-2-23-10-9-17(16-8-7-15(25)11-18(16)26)20(13-3-5-14(24)6-4-13)21(23)19(12-28)27-22(23)29;1-5-3-2-4;;/h4-11,14,20,22-24H,3,12-13,15H2,1-2H3,(H,30,31);3-11,17,19-21,28H,2,12H2,1H3,(H,27,29);2-3H2,1H3;;/q;;;+1;-1/t20-,22+,23-,24-,26+;17-,19+,20-,21-,23+;;;/m00.../s1. The van der Waals surface area contributed by atoms with E-state index in [1.165, 1.54) is 0 Å². The van der Waals surface area contributed by atoms with Crippen LogP contribution in [-0.2, 0) is 23.8 Å². The van der Waals surface area contributed by atoms with Gasteiger partial charge in [-0.2, -0.15) is 0 Å². The number of hydrogen-bond donors (Lipinski definition) is 3. The quantitative estimate of drug-likeness (QED) is 0.0503. The number of ether oxygens (including phenoxy) is 3. The predicted molar refractivity (Wildman–Crippen MR) is 278 cm³/mol. The zero-order valence-corrected chi connectivity index (χ0v) is 46.9. The number of rotatable bonds is 14. The molecule has 4 aromatic carbocycles. The molecule has 0 saturated carbocycles. The number of aliphatic hydroxyl groups is 1. The third kappa shape index (κ3) is 12.4. The molecule has 16 heteroatoms. The monoisotopic (exact) mass is 1120 g/mol. The molecule has 2 aliphatic carbocycles. The average Bonchev–Trinajstić information content (AvgIpc) is 3.78. The van der Waals surface area contributed by atoms with Gasteiger partial charge in [-0.3, -0.25) is 9.59 Å². The van der Waals surface area contributed by atoms with Crippen molar-refractivity contribution >= 4 is 97.3 Å². The first-order chi connectivity index (χ1) is 32.2. The van der Waals surface area contributed by atoms with E-state index in [0.717, 1.165) is 34.2 Å². The molecule has 10 atom stereocenters. The zero-order valence-electron chi connectivity index (χ0n) is 39.8. The smallest absolute Gasteiger partial charge is 1.00 e. The fourth-order valence-electron chi connectivity index (χ4n) is 10.7. The fourth-order valence-corrected chi connectivity index (χ4v) is 12.3. The Bertz CT molecular complexity index is 2380. The number of alkyl halides is 1. The molecule has 4 aromatic rings. The molecule has 0 unspecified atom stereocenters. The van der Waals surface area contributed by atoms with Gasteiger partial charge in [0.05, 0.1) is 55.9 Å². The Kier molecular flexibility index (Phi) is 22.2. The molecule has 0 bridgehead atoms. The van der Waals surface area contributed by atoms with Crippen LogP contribution in [0.4, 0.5) is 0 Å². The van der Waals surface area contributed by atoms with Gasteiger partial charge in [0.25, 0.3) is 0 Å². The topological polar surface area (TPSA) is 106 Å². The summed E-state index contributed by atoms with van der Waals surface area (Å²) in [4.78, 5) is 26.3. The van der Waals surface area contributed by atoms with Gasteiger partial charge in [0, 0.05) is 85.2 Å². The molecule has 8 nitrogen and oxygen atoms in total. The van der Waals surface area contributed by atoms with Gasteiger partial charge in [0.2, 0.25) is 11.8 Å². The molecule has 2 amide bonds. The minimum absolute atomic E-state index is 0. The Morgan fingerprint density at radius 1 is 0.618 bits per heavy atom. The van der Waals surface area contributed by atoms with E-state index >= 15 is 0 Å². The SMILES string of the molecule is CC[C@@]12C=C[C@@H](c3ccc(Cl)cc3Cl)[C@H](c3ccc(Cl)cc3)[C@@H]1[C@@H](CO)NC2=O.CC[C@@]12C=C[C@@H](c3ccc(Cl)cc3Cl)[C@H](c3ccc(Cl)cc3)[C@@H]1[C@@H](COCCOC)NC2=O.COCCBr.[H-].[Na+]. The summed E-state index contributed by atoms with van der Waals surface area (Å²) < 4.78 is 15.7. The number of carbonyl (C=O) groups is 2. The van der Waals surface area contributed by atoms with Crippen molar-refractivity contribution in [1.82, 2.24) is 10.6 Å². The molecule has 2 saturated heterocycles. The van der Waals surface area contributed by atoms with E-state index in [1.54, 1.807) is 26.4 Å². The average molecular weight is 1120 g/mol. The van der Waals surface area contributed by atoms with Crippen LogP contribution < -0.4 is 40.2 Å². The Balaban J connectivity index is 0.000000268. The van der Waals surface area contributed by atoms with Gasteiger partial charge < -0.3 is 31.4 Å². The molecule has 2 fully saturated rings. The summed E-state index contributed by atoms with van der Waals surface area (Å²) in [6.45, 7) is 6.18. The Labute approximate surface area is 463 Å². The van der Waals surface area contributed by atoms with Crippen molar-refractivity contribution in [3.05, 3.63) is 162 Å². The molecule has 68 heavy (non-hydrogen) atoms. The maximum atomic E-state index is 13.3. The number of halogens is 7. The molecule has 2 heterocycles. The van der Waals surface area contributed by atoms with Gasteiger partial charge in [-0.1, -0.05) is 160 Å². The first kappa shape index (κ1) is 57.3. The van der Waals surface area contributed by atoms with E-state index in [0.29, 0.717) is 62.8 Å². The van der Waals surface area contributed by atoms with E-state index < -0.39 is 10.8 Å².